The van der Waals surface area contributed by atoms with Crippen molar-refractivity contribution < 1.29 is 28.5 Å². The maximum absolute atomic E-state index is 12.2. The van der Waals surface area contributed by atoms with E-state index in [9.17, 15) is 9.59 Å². The summed E-state index contributed by atoms with van der Waals surface area (Å²) in [7, 11) is 0. The zero-order valence-electron chi connectivity index (χ0n) is 17.4. The Bertz CT molecular complexity index is 631. The first-order chi connectivity index (χ1) is 13.3. The molecule has 0 N–H and O–H groups in total. The van der Waals surface area contributed by atoms with Gasteiger partial charge in [-0.2, -0.15) is 0 Å². The minimum Gasteiger partial charge on any atom is -0.461 e. The third kappa shape index (κ3) is 6.31. The summed E-state index contributed by atoms with van der Waals surface area (Å²) in [6.45, 7) is 9.64. The molecular weight excluding hydrogens is 360 g/mol. The van der Waals surface area contributed by atoms with Crippen molar-refractivity contribution >= 4 is 11.9 Å². The van der Waals surface area contributed by atoms with Gasteiger partial charge in [-0.05, 0) is 24.8 Å². The molecule has 3 unspecified atom stereocenters. The molecule has 1 fully saturated rings. The van der Waals surface area contributed by atoms with E-state index in [2.05, 4.69) is 6.92 Å². The van der Waals surface area contributed by atoms with E-state index in [1.165, 1.54) is 6.92 Å². The zero-order chi connectivity index (χ0) is 20.7. The van der Waals surface area contributed by atoms with Crippen LogP contribution in [0.4, 0.5) is 0 Å². The van der Waals surface area contributed by atoms with E-state index in [4.69, 9.17) is 18.9 Å². The van der Waals surface area contributed by atoms with Crippen LogP contribution in [0.2, 0.25) is 0 Å². The third-order valence-corrected chi connectivity index (χ3v) is 5.43. The Morgan fingerprint density at radius 3 is 2.39 bits per heavy atom. The summed E-state index contributed by atoms with van der Waals surface area (Å²) in [6, 6.07) is 9.54. The molecule has 0 saturated carbocycles. The van der Waals surface area contributed by atoms with Crippen molar-refractivity contribution in [2.75, 3.05) is 0 Å². The molecule has 0 bridgehead atoms. The number of hydrogen-bond donors (Lipinski definition) is 0. The fraction of sp³-hybridized carbons (Fsp3) is 0.636. The Morgan fingerprint density at radius 1 is 1.11 bits per heavy atom. The van der Waals surface area contributed by atoms with Crippen molar-refractivity contribution in [2.24, 2.45) is 11.8 Å². The number of benzene rings is 1. The van der Waals surface area contributed by atoms with Gasteiger partial charge in [0.05, 0.1) is 18.6 Å². The van der Waals surface area contributed by atoms with Gasteiger partial charge in [-0.15, -0.1) is 0 Å². The predicted octanol–water partition coefficient (Wildman–Crippen LogP) is 3.86. The van der Waals surface area contributed by atoms with Gasteiger partial charge in [-0.1, -0.05) is 51.1 Å². The smallest absolute Gasteiger partial charge is 0.308 e. The van der Waals surface area contributed by atoms with E-state index in [-0.39, 0.29) is 49.0 Å². The highest BCUT2D eigenvalue weighted by atomic mass is 16.7. The van der Waals surface area contributed by atoms with Gasteiger partial charge in [0.15, 0.2) is 12.4 Å². The molecule has 1 aliphatic rings. The van der Waals surface area contributed by atoms with Crippen molar-refractivity contribution in [3.63, 3.8) is 0 Å². The minimum atomic E-state index is -0.697. The van der Waals surface area contributed by atoms with Crippen LogP contribution in [-0.2, 0) is 35.1 Å². The van der Waals surface area contributed by atoms with Crippen molar-refractivity contribution in [1.29, 1.82) is 0 Å². The number of ether oxygens (including phenoxy) is 4. The fourth-order valence-corrected chi connectivity index (χ4v) is 3.31. The Morgan fingerprint density at radius 2 is 1.79 bits per heavy atom. The summed E-state index contributed by atoms with van der Waals surface area (Å²) in [5.41, 5.74) is 0.937. The number of esters is 2. The molecule has 6 nitrogen and oxygen atoms in total. The van der Waals surface area contributed by atoms with Gasteiger partial charge in [0.1, 0.15) is 6.61 Å². The lowest BCUT2D eigenvalue weighted by molar-refractivity contribution is -0.285. The highest BCUT2D eigenvalue weighted by Gasteiger charge is 2.43. The molecule has 1 aromatic rings. The van der Waals surface area contributed by atoms with Gasteiger partial charge >= 0.3 is 11.9 Å². The highest BCUT2D eigenvalue weighted by Crippen LogP contribution is 2.34. The molecule has 0 spiro atoms. The monoisotopic (exact) mass is 392 g/mol. The topological polar surface area (TPSA) is 71.1 Å². The van der Waals surface area contributed by atoms with Crippen LogP contribution < -0.4 is 0 Å². The van der Waals surface area contributed by atoms with E-state index < -0.39 is 12.4 Å². The second kappa shape index (κ2) is 10.6. The molecule has 0 radical (unpaired) electrons. The molecular formula is C22H32O6. The van der Waals surface area contributed by atoms with Crippen molar-refractivity contribution in [3.8, 4) is 0 Å². The summed E-state index contributed by atoms with van der Waals surface area (Å²) in [6.07, 6.45) is -0.872. The highest BCUT2D eigenvalue weighted by molar-refractivity contribution is 5.70. The van der Waals surface area contributed by atoms with Gasteiger partial charge in [0.25, 0.3) is 0 Å². The van der Waals surface area contributed by atoms with Gasteiger partial charge in [-0.3, -0.25) is 9.59 Å². The summed E-state index contributed by atoms with van der Waals surface area (Å²) >= 11 is 0. The molecule has 1 heterocycles. The number of hydrogen-bond acceptors (Lipinski definition) is 6. The molecule has 28 heavy (non-hydrogen) atoms. The van der Waals surface area contributed by atoms with E-state index >= 15 is 0 Å². The van der Waals surface area contributed by atoms with Crippen molar-refractivity contribution in [1.82, 2.24) is 0 Å². The Kier molecular flexibility index (Phi) is 8.45. The normalized spacial score (nSPS) is 28.4. The molecule has 1 saturated heterocycles. The third-order valence-electron chi connectivity index (χ3n) is 5.43. The molecule has 6 heteroatoms. The molecule has 0 aromatic heterocycles. The molecule has 0 aliphatic carbocycles. The van der Waals surface area contributed by atoms with E-state index in [0.717, 1.165) is 5.56 Å². The first-order valence-electron chi connectivity index (χ1n) is 9.99. The first-order valence-corrected chi connectivity index (χ1v) is 9.99. The van der Waals surface area contributed by atoms with Crippen LogP contribution in [-0.4, -0.2) is 36.5 Å². The quantitative estimate of drug-likeness (QED) is 0.626. The molecule has 2 rings (SSSR count). The zero-order valence-corrected chi connectivity index (χ0v) is 17.4. The van der Waals surface area contributed by atoms with Crippen LogP contribution in [0.25, 0.3) is 0 Å². The van der Waals surface area contributed by atoms with Gasteiger partial charge in [0, 0.05) is 12.8 Å². The van der Waals surface area contributed by atoms with Crippen LogP contribution in [0.1, 0.15) is 53.0 Å². The number of carbonyl (C=O) groups excluding carboxylic acids is 2. The van der Waals surface area contributed by atoms with Gasteiger partial charge < -0.3 is 18.9 Å². The molecule has 1 aromatic carbocycles. The average Bonchev–Trinajstić information content (AvgIpc) is 2.67. The minimum absolute atomic E-state index is 0.0330. The lowest BCUT2D eigenvalue weighted by Gasteiger charge is -2.43. The van der Waals surface area contributed by atoms with Crippen LogP contribution >= 0.6 is 0 Å². The van der Waals surface area contributed by atoms with E-state index in [1.807, 2.05) is 51.1 Å². The fourth-order valence-electron chi connectivity index (χ4n) is 3.31. The predicted molar refractivity (Wildman–Crippen MR) is 104 cm³/mol. The lowest BCUT2D eigenvalue weighted by atomic mass is 9.84. The Balaban J connectivity index is 1.94. The van der Waals surface area contributed by atoms with Gasteiger partial charge in [0.2, 0.25) is 0 Å². The van der Waals surface area contributed by atoms with E-state index in [1.54, 1.807) is 0 Å². The largest absolute Gasteiger partial charge is 0.461 e. The summed E-state index contributed by atoms with van der Waals surface area (Å²) < 4.78 is 22.9. The van der Waals surface area contributed by atoms with Crippen molar-refractivity contribution in [2.45, 2.75) is 78.7 Å². The maximum atomic E-state index is 12.2. The summed E-state index contributed by atoms with van der Waals surface area (Å²) in [4.78, 5) is 23.8. The SMILES string of the molecule is CCC(CC(=O)OCc1ccccc1)O[C@@H]1OC(C)[C@H](C)C(C)[C@@H]1OC(C)=O. The molecule has 1 aliphatic heterocycles. The van der Waals surface area contributed by atoms with Gasteiger partial charge in [-0.25, -0.2) is 0 Å². The number of carbonyl (C=O) groups is 2. The second-order valence-electron chi connectivity index (χ2n) is 7.52. The average molecular weight is 392 g/mol. The summed E-state index contributed by atoms with van der Waals surface area (Å²) in [5, 5.41) is 0. The Hall–Kier alpha value is -1.92. The first kappa shape index (κ1) is 22.4. The van der Waals surface area contributed by atoms with E-state index in [0.29, 0.717) is 6.42 Å². The van der Waals surface area contributed by atoms with Crippen LogP contribution in [0.3, 0.4) is 0 Å². The summed E-state index contributed by atoms with van der Waals surface area (Å²) in [5.74, 6) is -0.392. The Labute approximate surface area is 167 Å². The molecule has 6 atom stereocenters. The lowest BCUT2D eigenvalue weighted by Crippen LogP contribution is -2.52. The molecule has 0 amide bonds. The van der Waals surface area contributed by atoms with Crippen LogP contribution in [0.5, 0.6) is 0 Å². The standard InChI is InChI=1S/C22H32O6/c1-6-19(12-20(24)25-13-18-10-8-7-9-11-18)28-22-21(27-17(5)23)15(3)14(2)16(4)26-22/h7-11,14-16,19,21-22H,6,12-13H2,1-5H3/t14-,15?,16?,19?,21+,22+/m1/s1. The van der Waals surface area contributed by atoms with Crippen LogP contribution in [0.15, 0.2) is 30.3 Å². The second-order valence-corrected chi connectivity index (χ2v) is 7.52. The van der Waals surface area contributed by atoms with Crippen molar-refractivity contribution in [3.05, 3.63) is 35.9 Å². The molecule has 156 valence electrons. The number of rotatable bonds is 8. The van der Waals surface area contributed by atoms with Crippen LogP contribution in [0, 0.1) is 11.8 Å². The maximum Gasteiger partial charge on any atom is 0.308 e.